The van der Waals surface area contributed by atoms with Crippen LogP contribution >= 0.6 is 22.9 Å². The van der Waals surface area contributed by atoms with Crippen LogP contribution in [-0.2, 0) is 11.2 Å². The van der Waals surface area contributed by atoms with E-state index in [1.165, 1.54) is 5.56 Å². The van der Waals surface area contributed by atoms with E-state index in [1.807, 2.05) is 28.8 Å². The molecule has 1 fully saturated rings. The van der Waals surface area contributed by atoms with Crippen LogP contribution in [0.3, 0.4) is 0 Å². The molecule has 0 spiro atoms. The second-order valence-electron chi connectivity index (χ2n) is 5.05. The zero-order valence-electron chi connectivity index (χ0n) is 11.2. The topological polar surface area (TPSA) is 52.3 Å². The second-order valence-corrected chi connectivity index (χ2v) is 6.53. The van der Waals surface area contributed by atoms with E-state index in [0.29, 0.717) is 0 Å². The number of fused-ring (bicyclic) bond motifs is 1. The standard InChI is InChI=1S/C14H13ClN4OS/c15-10-5-3-9(4-6-10)8-12-18-19-13(11-2-1-7-20-11)16-17-14(19)21-12/h3-6,11H,1-2,7-8H2/t11-/m1/s1. The molecule has 0 bridgehead atoms. The van der Waals surface area contributed by atoms with E-state index < -0.39 is 0 Å². The SMILES string of the molecule is Clc1ccc(Cc2nn3c([C@H]4CCCO4)nnc3s2)cc1. The summed E-state index contributed by atoms with van der Waals surface area (Å²) in [6, 6.07) is 7.83. The molecular formula is C14H13ClN4OS. The van der Waals surface area contributed by atoms with Crippen molar-refractivity contribution in [3.63, 3.8) is 0 Å². The number of hydrogen-bond acceptors (Lipinski definition) is 5. The second kappa shape index (κ2) is 5.36. The smallest absolute Gasteiger partial charge is 0.234 e. The number of ether oxygens (including phenoxy) is 1. The molecule has 1 aromatic carbocycles. The van der Waals surface area contributed by atoms with Crippen LogP contribution in [0.5, 0.6) is 0 Å². The van der Waals surface area contributed by atoms with Gasteiger partial charge in [-0.15, -0.1) is 10.2 Å². The zero-order valence-corrected chi connectivity index (χ0v) is 12.8. The lowest BCUT2D eigenvalue weighted by Crippen LogP contribution is -2.04. The lowest BCUT2D eigenvalue weighted by Gasteiger charge is -2.04. The molecule has 1 saturated heterocycles. The summed E-state index contributed by atoms with van der Waals surface area (Å²) in [6.45, 7) is 0.793. The highest BCUT2D eigenvalue weighted by molar-refractivity contribution is 7.16. The van der Waals surface area contributed by atoms with E-state index >= 15 is 0 Å². The van der Waals surface area contributed by atoms with E-state index in [9.17, 15) is 0 Å². The average Bonchev–Trinajstić information content (AvgIpc) is 3.17. The first-order valence-electron chi connectivity index (χ1n) is 6.87. The molecule has 1 atom stereocenters. The Morgan fingerprint density at radius 2 is 2.14 bits per heavy atom. The minimum Gasteiger partial charge on any atom is -0.370 e. The molecule has 0 radical (unpaired) electrons. The minimum atomic E-state index is 0.0329. The quantitative estimate of drug-likeness (QED) is 0.743. The Labute approximate surface area is 130 Å². The van der Waals surface area contributed by atoms with Gasteiger partial charge in [-0.2, -0.15) is 9.61 Å². The predicted molar refractivity (Wildman–Crippen MR) is 80.8 cm³/mol. The van der Waals surface area contributed by atoms with Gasteiger partial charge in [-0.1, -0.05) is 35.1 Å². The van der Waals surface area contributed by atoms with E-state index in [1.54, 1.807) is 11.3 Å². The Hall–Kier alpha value is -1.50. The molecule has 108 valence electrons. The summed E-state index contributed by atoms with van der Waals surface area (Å²) in [7, 11) is 0. The van der Waals surface area contributed by atoms with E-state index in [2.05, 4.69) is 15.3 Å². The minimum absolute atomic E-state index is 0.0329. The maximum atomic E-state index is 5.91. The van der Waals surface area contributed by atoms with Crippen LogP contribution in [0.15, 0.2) is 24.3 Å². The summed E-state index contributed by atoms with van der Waals surface area (Å²) in [6.07, 6.45) is 2.87. The third-order valence-electron chi connectivity index (χ3n) is 3.54. The zero-order chi connectivity index (χ0) is 14.2. The maximum absolute atomic E-state index is 5.91. The summed E-state index contributed by atoms with van der Waals surface area (Å²) in [5.41, 5.74) is 1.18. The number of rotatable bonds is 3. The van der Waals surface area contributed by atoms with Crippen molar-refractivity contribution in [1.29, 1.82) is 0 Å². The van der Waals surface area contributed by atoms with E-state index in [-0.39, 0.29) is 6.10 Å². The number of halogens is 1. The van der Waals surface area contributed by atoms with Gasteiger partial charge in [0.1, 0.15) is 11.1 Å². The van der Waals surface area contributed by atoms with E-state index in [4.69, 9.17) is 16.3 Å². The van der Waals surface area contributed by atoms with Crippen LogP contribution in [0.2, 0.25) is 5.02 Å². The average molecular weight is 321 g/mol. The largest absolute Gasteiger partial charge is 0.370 e. The number of nitrogens with zero attached hydrogens (tertiary/aromatic N) is 4. The van der Waals surface area contributed by atoms with Crippen LogP contribution in [0.1, 0.15) is 35.3 Å². The normalized spacial score (nSPS) is 18.6. The number of benzene rings is 1. The monoisotopic (exact) mass is 320 g/mol. The summed E-state index contributed by atoms with van der Waals surface area (Å²) in [5.74, 6) is 0.820. The van der Waals surface area contributed by atoms with Crippen molar-refractivity contribution >= 4 is 27.9 Å². The molecule has 5 nitrogen and oxygen atoms in total. The summed E-state index contributed by atoms with van der Waals surface area (Å²) in [4.78, 5) is 0.824. The Morgan fingerprint density at radius 1 is 1.29 bits per heavy atom. The third kappa shape index (κ3) is 2.54. The highest BCUT2D eigenvalue weighted by Gasteiger charge is 2.24. The molecule has 4 rings (SSSR count). The molecule has 3 aromatic rings. The summed E-state index contributed by atoms with van der Waals surface area (Å²) in [5, 5.41) is 14.8. The molecule has 0 aliphatic carbocycles. The molecular weight excluding hydrogens is 308 g/mol. The molecule has 0 amide bonds. The number of hydrogen-bond donors (Lipinski definition) is 0. The van der Waals surface area contributed by atoms with Crippen molar-refractivity contribution in [3.05, 3.63) is 45.7 Å². The molecule has 0 N–H and O–H groups in total. The first kappa shape index (κ1) is 13.2. The molecule has 2 aromatic heterocycles. The highest BCUT2D eigenvalue weighted by Crippen LogP contribution is 2.28. The maximum Gasteiger partial charge on any atom is 0.234 e. The van der Waals surface area contributed by atoms with Gasteiger partial charge in [0.15, 0.2) is 5.82 Å². The Bertz CT molecular complexity index is 761. The van der Waals surface area contributed by atoms with Crippen molar-refractivity contribution in [2.45, 2.75) is 25.4 Å². The molecule has 1 aliphatic heterocycles. The molecule has 1 aliphatic rings. The van der Waals surface area contributed by atoms with Gasteiger partial charge < -0.3 is 4.74 Å². The van der Waals surface area contributed by atoms with Crippen molar-refractivity contribution in [1.82, 2.24) is 19.8 Å². The first-order valence-corrected chi connectivity index (χ1v) is 8.06. The van der Waals surface area contributed by atoms with Crippen molar-refractivity contribution < 1.29 is 4.74 Å². The van der Waals surface area contributed by atoms with E-state index in [0.717, 1.165) is 46.7 Å². The van der Waals surface area contributed by atoms with Crippen LogP contribution in [0.4, 0.5) is 0 Å². The Morgan fingerprint density at radius 3 is 2.90 bits per heavy atom. The lowest BCUT2D eigenvalue weighted by molar-refractivity contribution is 0.103. The van der Waals surface area contributed by atoms with Gasteiger partial charge in [-0.25, -0.2) is 0 Å². The molecule has 7 heteroatoms. The van der Waals surface area contributed by atoms with Gasteiger partial charge in [0.2, 0.25) is 4.96 Å². The molecule has 0 saturated carbocycles. The summed E-state index contributed by atoms with van der Waals surface area (Å²) >= 11 is 7.47. The predicted octanol–water partition coefficient (Wildman–Crippen LogP) is 3.28. The van der Waals surface area contributed by atoms with Gasteiger partial charge in [0, 0.05) is 18.1 Å². The molecule has 3 heterocycles. The molecule has 0 unspecified atom stereocenters. The van der Waals surface area contributed by atoms with Crippen LogP contribution < -0.4 is 0 Å². The summed E-state index contributed by atoms with van der Waals surface area (Å²) < 4.78 is 7.50. The van der Waals surface area contributed by atoms with Crippen molar-refractivity contribution in [2.24, 2.45) is 0 Å². The van der Waals surface area contributed by atoms with Gasteiger partial charge in [0.25, 0.3) is 0 Å². The van der Waals surface area contributed by atoms with Gasteiger partial charge in [0.05, 0.1) is 0 Å². The third-order valence-corrected chi connectivity index (χ3v) is 4.69. The fraction of sp³-hybridized carbons (Fsp3) is 0.357. The van der Waals surface area contributed by atoms with Gasteiger partial charge in [-0.3, -0.25) is 0 Å². The highest BCUT2D eigenvalue weighted by atomic mass is 35.5. The van der Waals surface area contributed by atoms with Gasteiger partial charge in [-0.05, 0) is 30.5 Å². The van der Waals surface area contributed by atoms with Crippen molar-refractivity contribution in [3.8, 4) is 0 Å². The molecule has 21 heavy (non-hydrogen) atoms. The Kier molecular flexibility index (Phi) is 3.37. The Balaban J connectivity index is 1.63. The first-order chi connectivity index (χ1) is 10.3. The van der Waals surface area contributed by atoms with Crippen molar-refractivity contribution in [2.75, 3.05) is 6.61 Å². The number of aromatic nitrogens is 4. The van der Waals surface area contributed by atoms with Gasteiger partial charge >= 0.3 is 0 Å². The van der Waals surface area contributed by atoms with Crippen LogP contribution in [0.25, 0.3) is 4.96 Å². The fourth-order valence-corrected chi connectivity index (χ4v) is 3.50. The fourth-order valence-electron chi connectivity index (χ4n) is 2.50. The lowest BCUT2D eigenvalue weighted by atomic mass is 10.2. The van der Waals surface area contributed by atoms with Crippen LogP contribution in [0, 0.1) is 0 Å². The van der Waals surface area contributed by atoms with Crippen LogP contribution in [-0.4, -0.2) is 26.4 Å².